The lowest BCUT2D eigenvalue weighted by molar-refractivity contribution is -0.147. The Morgan fingerprint density at radius 1 is 1.00 bits per heavy atom. The van der Waals surface area contributed by atoms with E-state index in [1.54, 1.807) is 0 Å². The molecule has 1 spiro atoms. The third kappa shape index (κ3) is 1.73. The summed E-state index contributed by atoms with van der Waals surface area (Å²) in [4.78, 5) is 23.7. The predicted octanol–water partition coefficient (Wildman–Crippen LogP) is 2.08. The molecule has 3 aliphatic carbocycles. The summed E-state index contributed by atoms with van der Waals surface area (Å²) in [6, 6.07) is 0. The molecule has 1 amide bonds. The zero-order valence-corrected chi connectivity index (χ0v) is 10.7. The maximum Gasteiger partial charge on any atom is 0.329 e. The third-order valence-electron chi connectivity index (χ3n) is 5.33. The normalized spacial score (nSPS) is 31.4. The van der Waals surface area contributed by atoms with E-state index in [-0.39, 0.29) is 17.2 Å². The highest BCUT2D eigenvalue weighted by molar-refractivity contribution is 5.90. The number of amides is 1. The van der Waals surface area contributed by atoms with E-state index in [0.717, 1.165) is 32.1 Å². The molecular weight excluding hydrogens is 230 g/mol. The second-order valence-corrected chi connectivity index (χ2v) is 6.41. The van der Waals surface area contributed by atoms with Crippen LogP contribution in [0.3, 0.4) is 0 Å². The van der Waals surface area contributed by atoms with Crippen LogP contribution in [0.15, 0.2) is 0 Å². The van der Waals surface area contributed by atoms with Crippen molar-refractivity contribution in [1.82, 2.24) is 5.32 Å². The molecule has 4 heteroatoms. The Hall–Kier alpha value is -1.06. The van der Waals surface area contributed by atoms with Gasteiger partial charge in [-0.25, -0.2) is 4.79 Å². The number of hydrogen-bond donors (Lipinski definition) is 2. The van der Waals surface area contributed by atoms with Gasteiger partial charge in [0.05, 0.1) is 0 Å². The van der Waals surface area contributed by atoms with Crippen molar-refractivity contribution in [3.05, 3.63) is 0 Å². The maximum atomic E-state index is 12.3. The van der Waals surface area contributed by atoms with Gasteiger partial charge in [0.15, 0.2) is 0 Å². The standard InChI is InChI=1S/C14H21NO3/c16-11(10-9-13(10)5-1-2-6-13)15-14(12(17)18)7-3-4-8-14/h10H,1-9H2,(H,15,16)(H,17,18). The molecule has 0 aromatic carbocycles. The number of nitrogens with one attached hydrogen (secondary N) is 1. The number of aliphatic carboxylic acids is 1. The lowest BCUT2D eigenvalue weighted by atomic mass is 9.96. The van der Waals surface area contributed by atoms with E-state index in [4.69, 9.17) is 0 Å². The molecule has 0 aromatic rings. The molecule has 100 valence electrons. The molecule has 0 saturated heterocycles. The highest BCUT2D eigenvalue weighted by Crippen LogP contribution is 2.63. The second-order valence-electron chi connectivity index (χ2n) is 6.41. The molecule has 1 unspecified atom stereocenters. The van der Waals surface area contributed by atoms with Crippen molar-refractivity contribution in [3.8, 4) is 0 Å². The molecule has 0 aromatic heterocycles. The van der Waals surface area contributed by atoms with Gasteiger partial charge in [-0.05, 0) is 37.5 Å². The van der Waals surface area contributed by atoms with Gasteiger partial charge < -0.3 is 10.4 Å². The number of hydrogen-bond acceptors (Lipinski definition) is 2. The van der Waals surface area contributed by atoms with E-state index in [9.17, 15) is 14.7 Å². The molecule has 1 atom stereocenters. The number of carbonyl (C=O) groups is 2. The first-order chi connectivity index (χ1) is 8.58. The Morgan fingerprint density at radius 3 is 2.11 bits per heavy atom. The van der Waals surface area contributed by atoms with Crippen LogP contribution in [-0.2, 0) is 9.59 Å². The number of carboxylic acids is 1. The van der Waals surface area contributed by atoms with E-state index in [0.29, 0.717) is 12.8 Å². The lowest BCUT2D eigenvalue weighted by Gasteiger charge is -2.25. The Morgan fingerprint density at radius 2 is 1.56 bits per heavy atom. The molecule has 3 rings (SSSR count). The van der Waals surface area contributed by atoms with E-state index in [1.165, 1.54) is 12.8 Å². The molecule has 3 fully saturated rings. The van der Waals surface area contributed by atoms with E-state index >= 15 is 0 Å². The predicted molar refractivity (Wildman–Crippen MR) is 66.0 cm³/mol. The molecule has 4 nitrogen and oxygen atoms in total. The summed E-state index contributed by atoms with van der Waals surface area (Å²) in [5, 5.41) is 12.2. The third-order valence-corrected chi connectivity index (χ3v) is 5.33. The fourth-order valence-electron chi connectivity index (χ4n) is 4.04. The van der Waals surface area contributed by atoms with Gasteiger partial charge in [-0.15, -0.1) is 0 Å². The van der Waals surface area contributed by atoms with Crippen molar-refractivity contribution in [2.45, 2.75) is 63.3 Å². The van der Waals surface area contributed by atoms with Crippen molar-refractivity contribution >= 4 is 11.9 Å². The summed E-state index contributed by atoms with van der Waals surface area (Å²) in [6.45, 7) is 0. The number of carboxylic acid groups (broad SMARTS) is 1. The molecule has 0 bridgehead atoms. The van der Waals surface area contributed by atoms with E-state index in [2.05, 4.69) is 5.32 Å². The number of carbonyl (C=O) groups excluding carboxylic acids is 1. The van der Waals surface area contributed by atoms with Crippen LogP contribution in [0.25, 0.3) is 0 Å². The Labute approximate surface area is 107 Å². The summed E-state index contributed by atoms with van der Waals surface area (Å²) >= 11 is 0. The first-order valence-corrected chi connectivity index (χ1v) is 7.14. The smallest absolute Gasteiger partial charge is 0.329 e. The van der Waals surface area contributed by atoms with Crippen LogP contribution >= 0.6 is 0 Å². The largest absolute Gasteiger partial charge is 0.480 e. The molecule has 18 heavy (non-hydrogen) atoms. The van der Waals surface area contributed by atoms with Gasteiger partial charge in [0.25, 0.3) is 0 Å². The lowest BCUT2D eigenvalue weighted by Crippen LogP contribution is -2.53. The van der Waals surface area contributed by atoms with Crippen molar-refractivity contribution in [3.63, 3.8) is 0 Å². The fraction of sp³-hybridized carbons (Fsp3) is 0.857. The Kier molecular flexibility index (Phi) is 2.65. The molecule has 0 heterocycles. The van der Waals surface area contributed by atoms with Crippen LogP contribution in [0.1, 0.15) is 57.8 Å². The molecule has 0 radical (unpaired) electrons. The van der Waals surface area contributed by atoms with Crippen LogP contribution in [0.4, 0.5) is 0 Å². The van der Waals surface area contributed by atoms with E-state index in [1.807, 2.05) is 0 Å². The molecule has 2 N–H and O–H groups in total. The van der Waals surface area contributed by atoms with Gasteiger partial charge in [0.1, 0.15) is 5.54 Å². The summed E-state index contributed by atoms with van der Waals surface area (Å²) in [5.41, 5.74) is -0.706. The van der Waals surface area contributed by atoms with Gasteiger partial charge >= 0.3 is 5.97 Å². The number of rotatable bonds is 3. The van der Waals surface area contributed by atoms with Crippen LogP contribution in [-0.4, -0.2) is 22.5 Å². The van der Waals surface area contributed by atoms with Crippen LogP contribution in [0.2, 0.25) is 0 Å². The average molecular weight is 251 g/mol. The van der Waals surface area contributed by atoms with Crippen molar-refractivity contribution in [2.24, 2.45) is 11.3 Å². The molecule has 3 saturated carbocycles. The fourth-order valence-corrected chi connectivity index (χ4v) is 4.04. The topological polar surface area (TPSA) is 66.4 Å². The first-order valence-electron chi connectivity index (χ1n) is 7.14. The second kappa shape index (κ2) is 3.97. The van der Waals surface area contributed by atoms with Crippen molar-refractivity contribution in [1.29, 1.82) is 0 Å². The summed E-state index contributed by atoms with van der Waals surface area (Å²) in [6.07, 6.45) is 8.75. The van der Waals surface area contributed by atoms with Gasteiger partial charge in [-0.2, -0.15) is 0 Å². The van der Waals surface area contributed by atoms with Gasteiger partial charge in [0, 0.05) is 5.92 Å². The highest BCUT2D eigenvalue weighted by atomic mass is 16.4. The van der Waals surface area contributed by atoms with Crippen LogP contribution < -0.4 is 5.32 Å². The minimum Gasteiger partial charge on any atom is -0.480 e. The Balaban J connectivity index is 1.66. The molecule has 3 aliphatic rings. The first kappa shape index (κ1) is 12.0. The quantitative estimate of drug-likeness (QED) is 0.807. The van der Waals surface area contributed by atoms with Crippen molar-refractivity contribution in [2.75, 3.05) is 0 Å². The minimum atomic E-state index is -0.959. The maximum absolute atomic E-state index is 12.3. The van der Waals surface area contributed by atoms with Crippen molar-refractivity contribution < 1.29 is 14.7 Å². The van der Waals surface area contributed by atoms with Crippen LogP contribution in [0, 0.1) is 11.3 Å². The monoisotopic (exact) mass is 251 g/mol. The minimum absolute atomic E-state index is 0.00111. The van der Waals surface area contributed by atoms with E-state index < -0.39 is 11.5 Å². The van der Waals surface area contributed by atoms with Gasteiger partial charge in [-0.3, -0.25) is 4.79 Å². The SMILES string of the molecule is O=C(NC1(C(=O)O)CCCC1)C1CC12CCCC2. The Bertz CT molecular complexity index is 379. The summed E-state index contributed by atoms with van der Waals surface area (Å²) < 4.78 is 0. The van der Waals surface area contributed by atoms with Gasteiger partial charge in [-0.1, -0.05) is 25.7 Å². The van der Waals surface area contributed by atoms with Gasteiger partial charge in [0.2, 0.25) is 5.91 Å². The highest BCUT2D eigenvalue weighted by Gasteiger charge is 2.59. The average Bonchev–Trinajstić information content (AvgIpc) is 2.68. The zero-order chi connectivity index (χ0) is 12.8. The summed E-state index contributed by atoms with van der Waals surface area (Å²) in [5.74, 6) is -0.757. The van der Waals surface area contributed by atoms with Crippen LogP contribution in [0.5, 0.6) is 0 Å². The summed E-state index contributed by atoms with van der Waals surface area (Å²) in [7, 11) is 0. The molecule has 0 aliphatic heterocycles. The molecular formula is C14H21NO3. The zero-order valence-electron chi connectivity index (χ0n) is 10.7.